The van der Waals surface area contributed by atoms with E-state index in [1.54, 1.807) is 39.0 Å². The first-order valence-electron chi connectivity index (χ1n) is 14.0. The van der Waals surface area contributed by atoms with Crippen LogP contribution >= 0.6 is 0 Å². The van der Waals surface area contributed by atoms with Gasteiger partial charge in [0.05, 0.1) is 0 Å². The third kappa shape index (κ3) is 10.1. The fourth-order valence-electron chi connectivity index (χ4n) is 4.47. The number of unbranched alkanes of at least 4 members (excludes halogenated alkanes) is 2. The summed E-state index contributed by atoms with van der Waals surface area (Å²) in [5.74, 6) is -1.93. The van der Waals surface area contributed by atoms with Crippen LogP contribution in [0.5, 0.6) is 5.75 Å². The summed E-state index contributed by atoms with van der Waals surface area (Å²) in [6.45, 7) is 11.0. The fraction of sp³-hybridized carbons (Fsp3) is 0.484. The number of aromatic hydroxyl groups is 1. The average Bonchev–Trinajstić information content (AvgIpc) is 2.87. The second kappa shape index (κ2) is 15.1. The molecule has 2 rings (SSSR count). The molecule has 0 bridgehead atoms. The number of ether oxygens (including phenoxy) is 1. The maximum atomic E-state index is 14.2. The maximum Gasteiger partial charge on any atom is 0.408 e. The van der Waals surface area contributed by atoms with Crippen LogP contribution in [0.4, 0.5) is 10.5 Å². The van der Waals surface area contributed by atoms with E-state index in [0.29, 0.717) is 12.1 Å². The van der Waals surface area contributed by atoms with Gasteiger partial charge >= 0.3 is 6.09 Å². The monoisotopic (exact) mass is 568 g/mol. The molecule has 0 radical (unpaired) electrons. The van der Waals surface area contributed by atoms with Crippen LogP contribution in [0.3, 0.4) is 0 Å². The molecule has 4 amide bonds. The zero-order valence-corrected chi connectivity index (χ0v) is 25.0. The van der Waals surface area contributed by atoms with Crippen molar-refractivity contribution in [2.75, 3.05) is 11.9 Å². The van der Waals surface area contributed by atoms with Crippen LogP contribution in [-0.4, -0.2) is 52.0 Å². The number of benzene rings is 2. The summed E-state index contributed by atoms with van der Waals surface area (Å²) >= 11 is 0. The van der Waals surface area contributed by atoms with Gasteiger partial charge in [-0.1, -0.05) is 56.2 Å². The number of hydrogen-bond donors (Lipinski definition) is 4. The normalized spacial score (nSPS) is 12.6. The van der Waals surface area contributed by atoms with Crippen molar-refractivity contribution in [3.63, 3.8) is 0 Å². The van der Waals surface area contributed by atoms with E-state index in [-0.39, 0.29) is 30.7 Å². The molecule has 224 valence electrons. The predicted octanol–water partition coefficient (Wildman–Crippen LogP) is 4.87. The quantitative estimate of drug-likeness (QED) is 0.253. The average molecular weight is 569 g/mol. The Kier molecular flexibility index (Phi) is 12.2. The number of para-hydroxylation sites is 2. The molecule has 0 saturated heterocycles. The van der Waals surface area contributed by atoms with Crippen LogP contribution in [0.2, 0.25) is 0 Å². The Morgan fingerprint density at radius 2 is 1.63 bits per heavy atom. The number of primary amides is 1. The highest BCUT2D eigenvalue weighted by molar-refractivity contribution is 6.00. The highest BCUT2D eigenvalue weighted by atomic mass is 16.6. The molecule has 0 aliphatic rings. The standard InChI is InChI=1S/C31H44N4O6/c1-7-8-11-19-35(29(39)23(17-18-25(32)37)33-30(40)41-31(4,5)6)27(22-15-9-10-16-24(22)36)28(38)34-26-20(2)13-12-14-21(26)3/h9-10,12-16,23,27,36H,7-8,11,17-19H2,1-6H3,(H2,32,37)(H,33,40)(H,34,38). The lowest BCUT2D eigenvalue weighted by molar-refractivity contribution is -0.141. The molecule has 2 aromatic rings. The molecule has 41 heavy (non-hydrogen) atoms. The molecular formula is C31H44N4O6. The van der Waals surface area contributed by atoms with Crippen LogP contribution in [0, 0.1) is 13.8 Å². The Bertz CT molecular complexity index is 1200. The summed E-state index contributed by atoms with van der Waals surface area (Å²) in [6.07, 6.45) is 1.10. The number of anilines is 1. The van der Waals surface area contributed by atoms with Crippen LogP contribution < -0.4 is 16.4 Å². The Morgan fingerprint density at radius 1 is 1.00 bits per heavy atom. The third-order valence-corrected chi connectivity index (χ3v) is 6.47. The van der Waals surface area contributed by atoms with Crippen molar-refractivity contribution >= 4 is 29.5 Å². The van der Waals surface area contributed by atoms with Crippen LogP contribution in [0.15, 0.2) is 42.5 Å². The number of rotatable bonds is 13. The zero-order chi connectivity index (χ0) is 30.7. The molecular weight excluding hydrogens is 524 g/mol. The van der Waals surface area contributed by atoms with Crippen molar-refractivity contribution in [3.05, 3.63) is 59.2 Å². The molecule has 0 aliphatic heterocycles. The van der Waals surface area contributed by atoms with Gasteiger partial charge in [0.1, 0.15) is 23.4 Å². The number of alkyl carbamates (subject to hydrolysis) is 1. The van der Waals surface area contributed by atoms with E-state index in [1.807, 2.05) is 39.0 Å². The minimum Gasteiger partial charge on any atom is -0.508 e. The van der Waals surface area contributed by atoms with Crippen molar-refractivity contribution in [1.82, 2.24) is 10.2 Å². The molecule has 2 aromatic carbocycles. The predicted molar refractivity (Wildman–Crippen MR) is 158 cm³/mol. The first-order chi connectivity index (χ1) is 19.2. The van der Waals surface area contributed by atoms with Crippen molar-refractivity contribution in [2.45, 2.75) is 91.3 Å². The van der Waals surface area contributed by atoms with Gasteiger partial charge in [0.2, 0.25) is 11.8 Å². The van der Waals surface area contributed by atoms with Gasteiger partial charge in [0.15, 0.2) is 0 Å². The van der Waals surface area contributed by atoms with E-state index in [0.717, 1.165) is 24.0 Å². The van der Waals surface area contributed by atoms with E-state index in [9.17, 15) is 24.3 Å². The Hall–Kier alpha value is -4.08. The van der Waals surface area contributed by atoms with Crippen molar-refractivity contribution in [1.29, 1.82) is 0 Å². The second-order valence-electron chi connectivity index (χ2n) is 11.2. The summed E-state index contributed by atoms with van der Waals surface area (Å²) in [7, 11) is 0. The summed E-state index contributed by atoms with van der Waals surface area (Å²) in [5.41, 5.74) is 7.06. The van der Waals surface area contributed by atoms with Gasteiger partial charge in [-0.05, 0) is 64.7 Å². The van der Waals surface area contributed by atoms with Gasteiger partial charge in [0, 0.05) is 24.2 Å². The zero-order valence-electron chi connectivity index (χ0n) is 25.0. The van der Waals surface area contributed by atoms with Crippen molar-refractivity contribution in [2.24, 2.45) is 5.73 Å². The lowest BCUT2D eigenvalue weighted by Gasteiger charge is -2.35. The number of carbonyl (C=O) groups excluding carboxylic acids is 4. The SMILES string of the molecule is CCCCCN(C(=O)C(CCC(N)=O)NC(=O)OC(C)(C)C)C(C(=O)Nc1c(C)cccc1C)c1ccccc1O. The smallest absolute Gasteiger partial charge is 0.408 e. The molecule has 10 nitrogen and oxygen atoms in total. The van der Waals surface area contributed by atoms with Crippen LogP contribution in [0.1, 0.15) is 82.5 Å². The number of nitrogens with one attached hydrogen (secondary N) is 2. The van der Waals surface area contributed by atoms with Crippen LogP contribution in [0.25, 0.3) is 0 Å². The van der Waals surface area contributed by atoms with Gasteiger partial charge in [-0.25, -0.2) is 4.79 Å². The lowest BCUT2D eigenvalue weighted by Crippen LogP contribution is -2.53. The number of nitrogens with two attached hydrogens (primary N) is 1. The molecule has 0 aromatic heterocycles. The van der Waals surface area contributed by atoms with E-state index in [4.69, 9.17) is 10.5 Å². The Balaban J connectivity index is 2.60. The van der Waals surface area contributed by atoms with Crippen LogP contribution in [-0.2, 0) is 19.1 Å². The minimum absolute atomic E-state index is 0.0936. The lowest BCUT2D eigenvalue weighted by atomic mass is 9.99. The molecule has 5 N–H and O–H groups in total. The van der Waals surface area contributed by atoms with Gasteiger partial charge in [-0.15, -0.1) is 0 Å². The molecule has 10 heteroatoms. The molecule has 2 unspecified atom stereocenters. The van der Waals surface area contributed by atoms with E-state index < -0.39 is 41.5 Å². The largest absolute Gasteiger partial charge is 0.508 e. The van der Waals surface area contributed by atoms with Crippen molar-refractivity contribution < 1.29 is 29.0 Å². The highest BCUT2D eigenvalue weighted by Crippen LogP contribution is 2.32. The first-order valence-corrected chi connectivity index (χ1v) is 14.0. The van der Waals surface area contributed by atoms with Gasteiger partial charge in [-0.2, -0.15) is 0 Å². The van der Waals surface area contributed by atoms with Crippen molar-refractivity contribution in [3.8, 4) is 5.75 Å². The number of phenolic OH excluding ortho intramolecular Hbond substituents is 1. The molecule has 0 spiro atoms. The molecule has 0 heterocycles. The number of amides is 4. The number of nitrogens with zero attached hydrogens (tertiary/aromatic N) is 1. The Labute approximate surface area is 242 Å². The molecule has 0 saturated carbocycles. The molecule has 0 aliphatic carbocycles. The topological polar surface area (TPSA) is 151 Å². The fourth-order valence-corrected chi connectivity index (χ4v) is 4.47. The molecule has 0 fully saturated rings. The first kappa shape index (κ1) is 33.1. The van der Waals surface area contributed by atoms with E-state index in [1.165, 1.54) is 11.0 Å². The maximum absolute atomic E-state index is 14.2. The summed E-state index contributed by atoms with van der Waals surface area (Å²) in [5, 5.41) is 16.4. The van der Waals surface area contributed by atoms with Gasteiger partial charge in [-0.3, -0.25) is 14.4 Å². The number of carbonyl (C=O) groups is 4. The van der Waals surface area contributed by atoms with Gasteiger partial charge < -0.3 is 31.1 Å². The number of aryl methyl sites for hydroxylation is 2. The summed E-state index contributed by atoms with van der Waals surface area (Å²) < 4.78 is 5.36. The second-order valence-corrected chi connectivity index (χ2v) is 11.2. The van der Waals surface area contributed by atoms with Gasteiger partial charge in [0.25, 0.3) is 5.91 Å². The van der Waals surface area contributed by atoms with E-state index in [2.05, 4.69) is 10.6 Å². The third-order valence-electron chi connectivity index (χ3n) is 6.47. The summed E-state index contributed by atoms with van der Waals surface area (Å²) in [6, 6.07) is 9.51. The van der Waals surface area contributed by atoms with E-state index >= 15 is 0 Å². The number of phenols is 1. The minimum atomic E-state index is -1.24. The Morgan fingerprint density at radius 3 is 2.20 bits per heavy atom. The summed E-state index contributed by atoms with van der Waals surface area (Å²) in [4.78, 5) is 54.0. The number of hydrogen-bond acceptors (Lipinski definition) is 6. The highest BCUT2D eigenvalue weighted by Gasteiger charge is 2.37. The molecule has 2 atom stereocenters.